The number of fused-ring (bicyclic) bond motifs is 1. The Balaban J connectivity index is 1.95. The molecule has 3 rings (SSSR count). The van der Waals surface area contributed by atoms with Gasteiger partial charge in [0.15, 0.2) is 0 Å². The van der Waals surface area contributed by atoms with Gasteiger partial charge in [0.2, 0.25) is 0 Å². The zero-order chi connectivity index (χ0) is 19.3. The van der Waals surface area contributed by atoms with Gasteiger partial charge in [0.05, 0.1) is 11.7 Å². The number of hydrogen-bond donors (Lipinski definition) is 1. The molecule has 0 spiro atoms. The van der Waals surface area contributed by atoms with Gasteiger partial charge in [0.25, 0.3) is 11.6 Å². The number of alkyl halides is 3. The first kappa shape index (κ1) is 18.6. The maximum absolute atomic E-state index is 12.9. The summed E-state index contributed by atoms with van der Waals surface area (Å²) in [6, 6.07) is 1.43. The number of rotatable bonds is 3. The zero-order valence-electron chi connectivity index (χ0n) is 15.0. The lowest BCUT2D eigenvalue weighted by atomic mass is 9.93. The van der Waals surface area contributed by atoms with E-state index in [4.69, 9.17) is 0 Å². The average Bonchev–Trinajstić information content (AvgIpc) is 3.12. The second-order valence-electron chi connectivity index (χ2n) is 7.11. The van der Waals surface area contributed by atoms with E-state index in [9.17, 15) is 13.2 Å². The number of aromatic nitrogens is 5. The summed E-state index contributed by atoms with van der Waals surface area (Å²) >= 11 is 1.51. The van der Waals surface area contributed by atoms with E-state index >= 15 is 0 Å². The highest BCUT2D eigenvalue weighted by molar-refractivity contribution is 7.09. The van der Waals surface area contributed by atoms with E-state index < -0.39 is 12.0 Å². The number of halogens is 3. The molecule has 0 saturated carbocycles. The van der Waals surface area contributed by atoms with E-state index in [0.29, 0.717) is 11.5 Å². The van der Waals surface area contributed by atoms with Crippen LogP contribution in [0, 0.1) is 6.92 Å². The number of nitrogens with one attached hydrogen (secondary N) is 1. The van der Waals surface area contributed by atoms with Crippen LogP contribution in [-0.2, 0) is 11.6 Å². The first-order valence-electron chi connectivity index (χ1n) is 7.99. The van der Waals surface area contributed by atoms with E-state index in [-0.39, 0.29) is 17.2 Å². The molecule has 0 amide bonds. The maximum Gasteiger partial charge on any atom is 0.453 e. The first-order chi connectivity index (χ1) is 11.9. The van der Waals surface area contributed by atoms with Crippen molar-refractivity contribution in [1.82, 2.24) is 24.6 Å². The van der Waals surface area contributed by atoms with Crippen LogP contribution in [0.25, 0.3) is 5.78 Å². The molecule has 0 bridgehead atoms. The van der Waals surface area contributed by atoms with E-state index in [0.717, 1.165) is 15.2 Å². The molecule has 0 fully saturated rings. The molecule has 0 aromatic carbocycles. The number of anilines is 1. The summed E-state index contributed by atoms with van der Waals surface area (Å²) in [5.74, 6) is -0.923. The fraction of sp³-hybridized carbons (Fsp3) is 0.500. The standard InChI is InChI=1S/C16H19F3N6S/c1-8-6-11(25-14(20-8)23-13(24-25)16(17,18)19)21-9(2)12-22-10(7-26-12)15(3,4)5/h6-7,9,21H,1-5H3. The zero-order valence-corrected chi connectivity index (χ0v) is 15.8. The monoisotopic (exact) mass is 384 g/mol. The normalized spacial score (nSPS) is 14.0. The second-order valence-corrected chi connectivity index (χ2v) is 8.00. The third-order valence-corrected chi connectivity index (χ3v) is 4.75. The summed E-state index contributed by atoms with van der Waals surface area (Å²) in [6.45, 7) is 9.82. The highest BCUT2D eigenvalue weighted by Gasteiger charge is 2.37. The summed E-state index contributed by atoms with van der Waals surface area (Å²) in [6.07, 6.45) is -4.62. The smallest absolute Gasteiger partial charge is 0.361 e. The molecule has 10 heteroatoms. The second kappa shape index (κ2) is 6.19. The molecular formula is C16H19F3N6S. The van der Waals surface area contributed by atoms with Gasteiger partial charge in [-0.05, 0) is 13.8 Å². The van der Waals surface area contributed by atoms with Gasteiger partial charge in [-0.15, -0.1) is 16.4 Å². The van der Waals surface area contributed by atoms with Gasteiger partial charge in [-0.1, -0.05) is 20.8 Å². The highest BCUT2D eigenvalue weighted by atomic mass is 32.1. The van der Waals surface area contributed by atoms with Crippen LogP contribution >= 0.6 is 11.3 Å². The van der Waals surface area contributed by atoms with E-state index in [1.807, 2.05) is 12.3 Å². The number of aryl methyl sites for hydroxylation is 1. The van der Waals surface area contributed by atoms with E-state index in [1.165, 1.54) is 11.3 Å². The van der Waals surface area contributed by atoms with E-state index in [2.05, 4.69) is 46.1 Å². The molecule has 0 radical (unpaired) electrons. The van der Waals surface area contributed by atoms with Gasteiger partial charge in [-0.25, -0.2) is 9.97 Å². The van der Waals surface area contributed by atoms with Crippen molar-refractivity contribution in [3.63, 3.8) is 0 Å². The van der Waals surface area contributed by atoms with Crippen LogP contribution in [0.3, 0.4) is 0 Å². The van der Waals surface area contributed by atoms with Gasteiger partial charge in [0.1, 0.15) is 10.8 Å². The van der Waals surface area contributed by atoms with Crippen LogP contribution in [0.2, 0.25) is 0 Å². The minimum absolute atomic E-state index is 0.0670. The number of thiazole rings is 1. The minimum atomic E-state index is -4.62. The van der Waals surface area contributed by atoms with Crippen molar-refractivity contribution >= 4 is 22.9 Å². The van der Waals surface area contributed by atoms with Crippen molar-refractivity contribution in [3.8, 4) is 0 Å². The molecule has 3 aromatic rings. The average molecular weight is 384 g/mol. The maximum atomic E-state index is 12.9. The van der Waals surface area contributed by atoms with Crippen LogP contribution in [0.15, 0.2) is 11.4 Å². The lowest BCUT2D eigenvalue weighted by Gasteiger charge is -2.16. The Morgan fingerprint density at radius 3 is 2.42 bits per heavy atom. The number of nitrogens with zero attached hydrogens (tertiary/aromatic N) is 5. The molecule has 3 heterocycles. The Labute approximate surface area is 152 Å². The van der Waals surface area contributed by atoms with Crippen molar-refractivity contribution in [3.05, 3.63) is 33.7 Å². The third kappa shape index (κ3) is 3.64. The lowest BCUT2D eigenvalue weighted by molar-refractivity contribution is -0.144. The lowest BCUT2D eigenvalue weighted by Crippen LogP contribution is -2.14. The molecule has 26 heavy (non-hydrogen) atoms. The summed E-state index contributed by atoms with van der Waals surface area (Å²) in [5, 5.41) is 9.57. The summed E-state index contributed by atoms with van der Waals surface area (Å²) in [4.78, 5) is 12.1. The highest BCUT2D eigenvalue weighted by Crippen LogP contribution is 2.30. The molecule has 140 valence electrons. The van der Waals surface area contributed by atoms with Crippen molar-refractivity contribution in [1.29, 1.82) is 0 Å². The molecule has 0 saturated heterocycles. The molecular weight excluding hydrogens is 365 g/mol. The molecule has 0 aliphatic heterocycles. The SMILES string of the molecule is Cc1cc(NC(C)c2nc(C(C)(C)C)cs2)n2nc(C(F)(F)F)nc2n1. The van der Waals surface area contributed by atoms with E-state index in [1.54, 1.807) is 13.0 Å². The van der Waals surface area contributed by atoms with Gasteiger partial charge >= 0.3 is 6.18 Å². The van der Waals surface area contributed by atoms with Crippen molar-refractivity contribution in [2.75, 3.05) is 5.32 Å². The molecule has 3 aromatic heterocycles. The van der Waals surface area contributed by atoms with Gasteiger partial charge in [0, 0.05) is 22.6 Å². The quantitative estimate of drug-likeness (QED) is 0.726. The molecule has 1 unspecified atom stereocenters. The molecule has 1 N–H and O–H groups in total. The van der Waals surface area contributed by atoms with Crippen LogP contribution in [-0.4, -0.2) is 24.6 Å². The minimum Gasteiger partial charge on any atom is -0.361 e. The molecule has 0 aliphatic rings. The van der Waals surface area contributed by atoms with Crippen LogP contribution in [0.1, 0.15) is 56.0 Å². The van der Waals surface area contributed by atoms with Crippen LogP contribution < -0.4 is 5.32 Å². The number of hydrogen-bond acceptors (Lipinski definition) is 6. The third-order valence-electron chi connectivity index (χ3n) is 3.72. The predicted molar refractivity (Wildman–Crippen MR) is 93.4 cm³/mol. The van der Waals surface area contributed by atoms with Crippen LogP contribution in [0.4, 0.5) is 19.0 Å². The van der Waals surface area contributed by atoms with Gasteiger partial charge in [-0.3, -0.25) is 0 Å². The molecule has 6 nitrogen and oxygen atoms in total. The fourth-order valence-electron chi connectivity index (χ4n) is 2.32. The molecule has 0 aliphatic carbocycles. The first-order valence-corrected chi connectivity index (χ1v) is 8.87. The Morgan fingerprint density at radius 1 is 1.15 bits per heavy atom. The fourth-order valence-corrected chi connectivity index (χ4v) is 3.38. The van der Waals surface area contributed by atoms with Crippen molar-refractivity contribution < 1.29 is 13.2 Å². The summed E-state index contributed by atoms with van der Waals surface area (Å²) in [7, 11) is 0. The largest absolute Gasteiger partial charge is 0.453 e. The Hall–Kier alpha value is -2.23. The Bertz CT molecular complexity index is 938. The van der Waals surface area contributed by atoms with Gasteiger partial charge in [-0.2, -0.15) is 22.7 Å². The predicted octanol–water partition coefficient (Wildman–Crippen LogP) is 4.38. The van der Waals surface area contributed by atoms with Crippen LogP contribution in [0.5, 0.6) is 0 Å². The summed E-state index contributed by atoms with van der Waals surface area (Å²) < 4.78 is 39.8. The van der Waals surface area contributed by atoms with Gasteiger partial charge < -0.3 is 5.32 Å². The van der Waals surface area contributed by atoms with Crippen molar-refractivity contribution in [2.24, 2.45) is 0 Å². The Morgan fingerprint density at radius 2 is 1.85 bits per heavy atom. The topological polar surface area (TPSA) is 68.0 Å². The molecule has 1 atom stereocenters. The summed E-state index contributed by atoms with van der Waals surface area (Å²) in [5.41, 5.74) is 1.45. The van der Waals surface area contributed by atoms with Crippen molar-refractivity contribution in [2.45, 2.75) is 52.3 Å². The Kier molecular flexibility index (Phi) is 4.41.